The molecule has 0 aromatic rings. The first kappa shape index (κ1) is 14.9. The predicted octanol–water partition coefficient (Wildman–Crippen LogP) is 2.43. The average Bonchev–Trinajstić information content (AvgIpc) is 2.74. The second-order valence-electron chi connectivity index (χ2n) is 5.37. The maximum Gasteiger partial charge on any atom is 0.0774 e. The second-order valence-corrected chi connectivity index (χ2v) is 5.37. The molecule has 0 aromatic heterocycles. The lowest BCUT2D eigenvalue weighted by Gasteiger charge is -2.36. The quantitative estimate of drug-likeness (QED) is 0.710. The Bertz CT molecular complexity index is 198. The van der Waals surface area contributed by atoms with Crippen LogP contribution in [0.2, 0.25) is 0 Å². The van der Waals surface area contributed by atoms with Crippen LogP contribution in [0.3, 0.4) is 0 Å². The topological polar surface area (TPSA) is 32.7 Å². The molecule has 0 radical (unpaired) electrons. The summed E-state index contributed by atoms with van der Waals surface area (Å²) < 4.78 is 5.19. The van der Waals surface area contributed by atoms with Gasteiger partial charge in [-0.05, 0) is 25.7 Å². The molecule has 0 aromatic carbocycles. The van der Waals surface area contributed by atoms with Gasteiger partial charge in [-0.3, -0.25) is 4.90 Å². The van der Waals surface area contributed by atoms with Crippen LogP contribution in [0.5, 0.6) is 0 Å². The molecule has 0 heterocycles. The molecule has 1 fully saturated rings. The lowest BCUT2D eigenvalue weighted by Crippen LogP contribution is -2.47. The molecule has 0 atom stereocenters. The first-order valence-electron chi connectivity index (χ1n) is 7.10. The van der Waals surface area contributed by atoms with Gasteiger partial charge in [0, 0.05) is 26.2 Å². The SMILES string of the molecule is CCC(CC)N(CCOC)CC1(O)CCCC1. The molecule has 17 heavy (non-hydrogen) atoms. The van der Waals surface area contributed by atoms with Crippen LogP contribution in [0.25, 0.3) is 0 Å². The van der Waals surface area contributed by atoms with Gasteiger partial charge in [0.2, 0.25) is 0 Å². The van der Waals surface area contributed by atoms with Crippen molar-refractivity contribution < 1.29 is 9.84 Å². The molecule has 1 aliphatic rings. The Morgan fingerprint density at radius 3 is 2.29 bits per heavy atom. The molecule has 0 spiro atoms. The number of methoxy groups -OCH3 is 1. The summed E-state index contributed by atoms with van der Waals surface area (Å²) in [6, 6.07) is 0.578. The number of hydrogen-bond acceptors (Lipinski definition) is 3. The Hall–Kier alpha value is -0.120. The van der Waals surface area contributed by atoms with E-state index in [1.54, 1.807) is 7.11 Å². The number of rotatable bonds is 8. The minimum Gasteiger partial charge on any atom is -0.389 e. The van der Waals surface area contributed by atoms with E-state index in [-0.39, 0.29) is 0 Å². The molecule has 102 valence electrons. The van der Waals surface area contributed by atoms with E-state index in [1.807, 2.05) is 0 Å². The third kappa shape index (κ3) is 4.57. The van der Waals surface area contributed by atoms with Crippen LogP contribution in [0, 0.1) is 0 Å². The molecule has 1 saturated carbocycles. The monoisotopic (exact) mass is 243 g/mol. The van der Waals surface area contributed by atoms with Crippen molar-refractivity contribution in [3.05, 3.63) is 0 Å². The van der Waals surface area contributed by atoms with E-state index < -0.39 is 5.60 Å². The van der Waals surface area contributed by atoms with Gasteiger partial charge in [0.15, 0.2) is 0 Å². The summed E-state index contributed by atoms with van der Waals surface area (Å²) in [5.41, 5.74) is -0.434. The van der Waals surface area contributed by atoms with E-state index in [2.05, 4.69) is 18.7 Å². The van der Waals surface area contributed by atoms with E-state index in [0.29, 0.717) is 6.04 Å². The van der Waals surface area contributed by atoms with E-state index in [0.717, 1.165) is 45.4 Å². The predicted molar refractivity (Wildman–Crippen MR) is 71.2 cm³/mol. The van der Waals surface area contributed by atoms with Gasteiger partial charge in [0.25, 0.3) is 0 Å². The van der Waals surface area contributed by atoms with Crippen molar-refractivity contribution >= 4 is 0 Å². The molecule has 0 amide bonds. The van der Waals surface area contributed by atoms with E-state index in [1.165, 1.54) is 12.8 Å². The highest BCUT2D eigenvalue weighted by Crippen LogP contribution is 2.31. The second kappa shape index (κ2) is 7.34. The third-order valence-corrected chi connectivity index (χ3v) is 4.07. The first-order chi connectivity index (χ1) is 8.15. The minimum absolute atomic E-state index is 0.434. The van der Waals surface area contributed by atoms with Crippen molar-refractivity contribution in [1.82, 2.24) is 4.90 Å². The zero-order valence-electron chi connectivity index (χ0n) is 11.7. The van der Waals surface area contributed by atoms with E-state index in [4.69, 9.17) is 4.74 Å². The molecule has 1 aliphatic carbocycles. The van der Waals surface area contributed by atoms with Crippen LogP contribution >= 0.6 is 0 Å². The van der Waals surface area contributed by atoms with Crippen molar-refractivity contribution in [3.63, 3.8) is 0 Å². The lowest BCUT2D eigenvalue weighted by molar-refractivity contribution is -0.0118. The molecule has 3 nitrogen and oxygen atoms in total. The molecular formula is C14H29NO2. The fourth-order valence-electron chi connectivity index (χ4n) is 2.97. The normalized spacial score (nSPS) is 19.4. The van der Waals surface area contributed by atoms with Gasteiger partial charge in [-0.1, -0.05) is 26.7 Å². The zero-order chi connectivity index (χ0) is 12.7. The number of hydrogen-bond donors (Lipinski definition) is 1. The van der Waals surface area contributed by atoms with Gasteiger partial charge < -0.3 is 9.84 Å². The fourth-order valence-corrected chi connectivity index (χ4v) is 2.97. The summed E-state index contributed by atoms with van der Waals surface area (Å²) in [6.45, 7) is 6.97. The van der Waals surface area contributed by atoms with Crippen LogP contribution in [0.4, 0.5) is 0 Å². The van der Waals surface area contributed by atoms with Crippen LogP contribution < -0.4 is 0 Å². The highest BCUT2D eigenvalue weighted by Gasteiger charge is 2.34. The van der Waals surface area contributed by atoms with Crippen LogP contribution in [0.15, 0.2) is 0 Å². The maximum absolute atomic E-state index is 10.5. The van der Waals surface area contributed by atoms with Gasteiger partial charge in [0.1, 0.15) is 0 Å². The average molecular weight is 243 g/mol. The van der Waals surface area contributed by atoms with E-state index in [9.17, 15) is 5.11 Å². The number of ether oxygens (including phenoxy) is 1. The summed E-state index contributed by atoms with van der Waals surface area (Å²) in [6.07, 6.45) is 6.59. The minimum atomic E-state index is -0.434. The molecule has 0 aliphatic heterocycles. The maximum atomic E-state index is 10.5. The Morgan fingerprint density at radius 1 is 1.24 bits per heavy atom. The van der Waals surface area contributed by atoms with Gasteiger partial charge in [-0.15, -0.1) is 0 Å². The first-order valence-corrected chi connectivity index (χ1v) is 7.10. The van der Waals surface area contributed by atoms with Crippen molar-refractivity contribution in [2.75, 3.05) is 26.8 Å². The smallest absolute Gasteiger partial charge is 0.0774 e. The fraction of sp³-hybridized carbons (Fsp3) is 1.00. The molecule has 1 N–H and O–H groups in total. The molecule has 3 heteroatoms. The summed E-state index contributed by atoms with van der Waals surface area (Å²) in [4.78, 5) is 2.43. The summed E-state index contributed by atoms with van der Waals surface area (Å²) in [7, 11) is 1.75. The summed E-state index contributed by atoms with van der Waals surface area (Å²) in [5, 5.41) is 10.5. The molecule has 1 rings (SSSR count). The highest BCUT2D eigenvalue weighted by molar-refractivity contribution is 4.88. The number of aliphatic hydroxyl groups is 1. The Morgan fingerprint density at radius 2 is 1.82 bits per heavy atom. The summed E-state index contributed by atoms with van der Waals surface area (Å²) >= 11 is 0. The molecule has 0 bridgehead atoms. The summed E-state index contributed by atoms with van der Waals surface area (Å²) in [5.74, 6) is 0. The largest absolute Gasteiger partial charge is 0.389 e. The van der Waals surface area contributed by atoms with Crippen LogP contribution in [-0.4, -0.2) is 48.5 Å². The van der Waals surface area contributed by atoms with Gasteiger partial charge in [0.05, 0.1) is 12.2 Å². The van der Waals surface area contributed by atoms with Crippen molar-refractivity contribution in [2.24, 2.45) is 0 Å². The molecule has 0 unspecified atom stereocenters. The standard InChI is InChI=1S/C14H29NO2/c1-4-13(5-2)15(10-11-17-3)12-14(16)8-6-7-9-14/h13,16H,4-12H2,1-3H3. The van der Waals surface area contributed by atoms with Crippen LogP contribution in [0.1, 0.15) is 52.4 Å². The van der Waals surface area contributed by atoms with Crippen molar-refractivity contribution in [1.29, 1.82) is 0 Å². The van der Waals surface area contributed by atoms with Gasteiger partial charge >= 0.3 is 0 Å². The van der Waals surface area contributed by atoms with Gasteiger partial charge in [-0.25, -0.2) is 0 Å². The van der Waals surface area contributed by atoms with Gasteiger partial charge in [-0.2, -0.15) is 0 Å². The third-order valence-electron chi connectivity index (χ3n) is 4.07. The molecular weight excluding hydrogens is 214 g/mol. The van der Waals surface area contributed by atoms with Crippen LogP contribution in [-0.2, 0) is 4.74 Å². The zero-order valence-corrected chi connectivity index (χ0v) is 11.7. The number of nitrogens with zero attached hydrogens (tertiary/aromatic N) is 1. The van der Waals surface area contributed by atoms with Crippen molar-refractivity contribution in [2.45, 2.75) is 64.0 Å². The lowest BCUT2D eigenvalue weighted by atomic mass is 9.99. The van der Waals surface area contributed by atoms with Crippen molar-refractivity contribution in [3.8, 4) is 0 Å². The Kier molecular flexibility index (Phi) is 6.45. The Balaban J connectivity index is 2.55. The molecule has 0 saturated heterocycles. The van der Waals surface area contributed by atoms with E-state index >= 15 is 0 Å². The Labute approximate surface area is 106 Å². The highest BCUT2D eigenvalue weighted by atomic mass is 16.5.